The van der Waals surface area contributed by atoms with Crippen LogP contribution in [0.1, 0.15) is 56.6 Å². The number of H-pyrrole nitrogens is 2. The Morgan fingerprint density at radius 2 is 0.841 bits per heavy atom. The zero-order valence-electron chi connectivity index (χ0n) is 26.4. The second kappa shape index (κ2) is 10.6. The molecule has 2 atom stereocenters. The van der Waals surface area contributed by atoms with Crippen LogP contribution in [0.3, 0.4) is 0 Å². The van der Waals surface area contributed by atoms with E-state index < -0.39 is 16.1 Å². The second-order valence-electron chi connectivity index (χ2n) is 14.1. The molecule has 1 aliphatic rings. The smallest absolute Gasteiger partial charge is 0.129 e. The van der Waals surface area contributed by atoms with Crippen LogP contribution >= 0.6 is 0 Å². The van der Waals surface area contributed by atoms with E-state index in [2.05, 4.69) is 169 Å². The molecule has 0 fully saturated rings. The molecular formula is C40H38N2Si2. The monoisotopic (exact) mass is 602 g/mol. The van der Waals surface area contributed by atoms with Gasteiger partial charge in [0, 0.05) is 44.3 Å². The molecular weight excluding hydrogens is 565 g/mol. The molecule has 216 valence electrons. The molecule has 0 aliphatic heterocycles. The quantitative estimate of drug-likeness (QED) is 0.146. The van der Waals surface area contributed by atoms with E-state index >= 15 is 0 Å². The van der Waals surface area contributed by atoms with Crippen LogP contribution < -0.4 is 0 Å². The van der Waals surface area contributed by atoms with Crippen LogP contribution in [0.4, 0.5) is 0 Å². The third kappa shape index (κ3) is 5.26. The highest BCUT2D eigenvalue weighted by atomic mass is 28.3. The van der Waals surface area contributed by atoms with Gasteiger partial charge in [-0.1, -0.05) is 112 Å². The first-order valence-corrected chi connectivity index (χ1v) is 22.5. The summed E-state index contributed by atoms with van der Waals surface area (Å²) in [5.41, 5.74) is 19.4. The van der Waals surface area contributed by atoms with E-state index in [4.69, 9.17) is 0 Å². The summed E-state index contributed by atoms with van der Waals surface area (Å²) in [4.78, 5) is 7.83. The topological polar surface area (TPSA) is 31.6 Å². The molecule has 4 heteroatoms. The van der Waals surface area contributed by atoms with Gasteiger partial charge in [-0.15, -0.1) is 11.1 Å². The first kappa shape index (κ1) is 28.3. The molecule has 2 nitrogen and oxygen atoms in total. The van der Waals surface area contributed by atoms with Crippen molar-refractivity contribution in [2.24, 2.45) is 0 Å². The lowest BCUT2D eigenvalue weighted by atomic mass is 9.72. The molecule has 2 heterocycles. The lowest BCUT2D eigenvalue weighted by Gasteiger charge is -2.31. The fourth-order valence-corrected chi connectivity index (χ4v) is 7.48. The third-order valence-electron chi connectivity index (χ3n) is 8.36. The normalized spacial score (nSPS) is 16.0. The first-order valence-electron chi connectivity index (χ1n) is 15.5. The number of rotatable bonds is 2. The van der Waals surface area contributed by atoms with Gasteiger partial charge in [-0.25, -0.2) is 0 Å². The van der Waals surface area contributed by atoms with Crippen molar-refractivity contribution in [2.45, 2.75) is 51.1 Å². The molecule has 6 aromatic rings. The minimum Gasteiger partial charge on any atom is -0.357 e. The van der Waals surface area contributed by atoms with Gasteiger partial charge in [0.25, 0.3) is 0 Å². The summed E-state index contributed by atoms with van der Waals surface area (Å²) in [6, 6.07) is 35.5. The molecule has 2 aromatic heterocycles. The maximum Gasteiger partial charge on any atom is 0.129 e. The molecule has 4 aromatic carbocycles. The molecule has 7 rings (SSSR count). The largest absolute Gasteiger partial charge is 0.357 e. The molecule has 0 spiro atoms. The summed E-state index contributed by atoms with van der Waals surface area (Å²) in [7, 11) is -2.91. The first-order chi connectivity index (χ1) is 21.1. The maximum absolute atomic E-state index is 3.91. The summed E-state index contributed by atoms with van der Waals surface area (Å²) in [5.74, 6) is 7.02. The van der Waals surface area contributed by atoms with E-state index in [1.54, 1.807) is 0 Å². The van der Waals surface area contributed by atoms with Crippen LogP contribution in [0.5, 0.6) is 0 Å². The number of hydrogen-bond acceptors (Lipinski definition) is 0. The van der Waals surface area contributed by atoms with Gasteiger partial charge in [0.15, 0.2) is 0 Å². The van der Waals surface area contributed by atoms with Crippen molar-refractivity contribution in [2.75, 3.05) is 0 Å². The fourth-order valence-electron chi connectivity index (χ4n) is 6.44. The number of hydrogen-bond donors (Lipinski definition) is 2. The molecule has 1 aliphatic carbocycles. The minimum absolute atomic E-state index is 0.0701. The lowest BCUT2D eigenvalue weighted by molar-refractivity contribution is 0.801. The SMILES string of the molecule is C[Si](C)(C)C#Cc1ccc(C2c3[nH]c4ccccc4c3C(c3ccc(C#C[Si](C)(C)C)cc3)c3[nH]c4ccccc4c32)cc1. The molecule has 0 amide bonds. The molecule has 0 bridgehead atoms. The highest BCUT2D eigenvalue weighted by Gasteiger charge is 2.39. The Kier molecular flexibility index (Phi) is 6.81. The van der Waals surface area contributed by atoms with Gasteiger partial charge in [-0.3, -0.25) is 0 Å². The Balaban J connectivity index is 1.44. The molecule has 2 N–H and O–H groups in total. The summed E-state index contributed by atoms with van der Waals surface area (Å²) in [6.45, 7) is 13.7. The summed E-state index contributed by atoms with van der Waals surface area (Å²) in [5, 5.41) is 2.56. The van der Waals surface area contributed by atoms with Crippen molar-refractivity contribution < 1.29 is 0 Å². The van der Waals surface area contributed by atoms with Crippen molar-refractivity contribution >= 4 is 38.0 Å². The Labute approximate surface area is 263 Å². The van der Waals surface area contributed by atoms with Crippen LogP contribution in [0.15, 0.2) is 97.1 Å². The number of fused-ring (bicyclic) bond motifs is 6. The molecule has 0 radical (unpaired) electrons. The van der Waals surface area contributed by atoms with Crippen molar-refractivity contribution in [1.29, 1.82) is 0 Å². The average molecular weight is 603 g/mol. The lowest BCUT2D eigenvalue weighted by Crippen LogP contribution is -2.19. The molecule has 44 heavy (non-hydrogen) atoms. The number of aromatic amines is 2. The van der Waals surface area contributed by atoms with Gasteiger partial charge in [-0.2, -0.15) is 0 Å². The van der Waals surface area contributed by atoms with Crippen LogP contribution in [-0.4, -0.2) is 26.1 Å². The van der Waals surface area contributed by atoms with Crippen molar-refractivity contribution in [3.8, 4) is 22.9 Å². The predicted molar refractivity (Wildman–Crippen MR) is 192 cm³/mol. The predicted octanol–water partition coefficient (Wildman–Crippen LogP) is 9.78. The summed E-state index contributed by atoms with van der Waals surface area (Å²) < 4.78 is 0. The number of para-hydroxylation sites is 2. The molecule has 0 saturated carbocycles. The Morgan fingerprint density at radius 1 is 0.477 bits per heavy atom. The third-order valence-corrected chi connectivity index (χ3v) is 10.1. The molecule has 0 saturated heterocycles. The van der Waals surface area contributed by atoms with Crippen molar-refractivity contribution in [3.63, 3.8) is 0 Å². The van der Waals surface area contributed by atoms with Gasteiger partial charge in [-0.05, 0) is 58.7 Å². The number of nitrogens with one attached hydrogen (secondary N) is 2. The Hall–Kier alpha value is -4.49. The zero-order chi connectivity index (χ0) is 30.6. The summed E-state index contributed by atoms with van der Waals surface area (Å²) in [6.07, 6.45) is 0. The highest BCUT2D eigenvalue weighted by Crippen LogP contribution is 2.52. The highest BCUT2D eigenvalue weighted by molar-refractivity contribution is 6.84. The van der Waals surface area contributed by atoms with Gasteiger partial charge in [0.05, 0.1) is 11.8 Å². The fraction of sp³-hybridized carbons (Fsp3) is 0.200. The maximum atomic E-state index is 3.91. The number of benzene rings is 4. The Morgan fingerprint density at radius 3 is 1.20 bits per heavy atom. The average Bonchev–Trinajstić information content (AvgIpc) is 3.57. The van der Waals surface area contributed by atoms with E-state index in [0.717, 1.165) is 11.1 Å². The van der Waals surface area contributed by atoms with E-state index in [1.165, 1.54) is 55.4 Å². The minimum atomic E-state index is -1.45. The van der Waals surface area contributed by atoms with E-state index in [1.807, 2.05) is 0 Å². The second-order valence-corrected chi connectivity index (χ2v) is 23.6. The molecule has 2 unspecified atom stereocenters. The van der Waals surface area contributed by atoms with E-state index in [9.17, 15) is 0 Å². The standard InChI is InChI=1S/C40H38N2Si2/c1-43(2,3)25-23-27-15-19-29(20-16-27)35-37-31-11-7-9-13-33(31)42-40(37)36(38-32-12-8-10-14-34(32)41-39(35)38)30-21-17-28(18-22-30)24-26-44(4,5)6/h7-22,35-36,41-42H,1-6H3. The van der Waals surface area contributed by atoms with Crippen LogP contribution in [0.25, 0.3) is 21.8 Å². The zero-order valence-corrected chi connectivity index (χ0v) is 28.4. The van der Waals surface area contributed by atoms with Gasteiger partial charge in [0.1, 0.15) is 16.1 Å². The van der Waals surface area contributed by atoms with Gasteiger partial charge >= 0.3 is 0 Å². The van der Waals surface area contributed by atoms with E-state index in [0.29, 0.717) is 0 Å². The van der Waals surface area contributed by atoms with Gasteiger partial charge < -0.3 is 9.97 Å². The summed E-state index contributed by atoms with van der Waals surface area (Å²) >= 11 is 0. The van der Waals surface area contributed by atoms with Crippen molar-refractivity contribution in [3.05, 3.63) is 142 Å². The van der Waals surface area contributed by atoms with Gasteiger partial charge in [0.2, 0.25) is 0 Å². The van der Waals surface area contributed by atoms with Crippen molar-refractivity contribution in [1.82, 2.24) is 9.97 Å². The van der Waals surface area contributed by atoms with Crippen LogP contribution in [0.2, 0.25) is 39.3 Å². The van der Waals surface area contributed by atoms with E-state index in [-0.39, 0.29) is 11.8 Å². The van der Waals surface area contributed by atoms with Crippen LogP contribution in [-0.2, 0) is 0 Å². The number of aromatic nitrogens is 2. The van der Waals surface area contributed by atoms with Crippen LogP contribution in [0, 0.1) is 22.9 Å². The Bertz CT molecular complexity index is 1990.